The molecule has 3 aromatic carbocycles. The maximum absolute atomic E-state index is 13.6. The Morgan fingerprint density at radius 1 is 0.791 bits per heavy atom. The van der Waals surface area contributed by atoms with Gasteiger partial charge in [-0.05, 0) is 71.9 Å². The number of aromatic hydroxyl groups is 1. The molecule has 3 rings (SSSR count). The van der Waals surface area contributed by atoms with Gasteiger partial charge in [-0.2, -0.15) is 11.8 Å². The van der Waals surface area contributed by atoms with E-state index in [1.807, 2.05) is 34.5 Å². The predicted octanol–water partition coefficient (Wildman–Crippen LogP) is 10.3. The van der Waals surface area contributed by atoms with Gasteiger partial charge in [-0.15, -0.1) is 11.8 Å². The lowest BCUT2D eigenvalue weighted by atomic mass is 9.79. The molecule has 3 nitrogen and oxygen atoms in total. The molecule has 1 amide bonds. The van der Waals surface area contributed by atoms with Crippen molar-refractivity contribution in [3.8, 4) is 5.75 Å². The van der Waals surface area contributed by atoms with Gasteiger partial charge in [0.2, 0.25) is 5.91 Å². The number of benzene rings is 3. The lowest BCUT2D eigenvalue weighted by Crippen LogP contribution is -2.39. The van der Waals surface area contributed by atoms with Crippen molar-refractivity contribution in [1.29, 1.82) is 0 Å². The minimum absolute atomic E-state index is 0.128. The van der Waals surface area contributed by atoms with Crippen molar-refractivity contribution in [2.45, 2.75) is 103 Å². The molecule has 3 aromatic rings. The number of thioether (sulfide) groups is 2. The number of amides is 1. The van der Waals surface area contributed by atoms with Gasteiger partial charge >= 0.3 is 0 Å². The van der Waals surface area contributed by atoms with Crippen LogP contribution in [0.15, 0.2) is 71.6 Å². The highest BCUT2D eigenvalue weighted by Gasteiger charge is 2.27. The number of hydrogen-bond acceptors (Lipinski definition) is 4. The molecule has 43 heavy (non-hydrogen) atoms. The minimum Gasteiger partial charge on any atom is -0.507 e. The quantitative estimate of drug-likeness (QED) is 0.153. The van der Waals surface area contributed by atoms with E-state index in [0.717, 1.165) is 46.9 Å². The smallest absolute Gasteiger partial charge is 0.228 e. The summed E-state index contributed by atoms with van der Waals surface area (Å²) in [6.07, 6.45) is 2.40. The van der Waals surface area contributed by atoms with Gasteiger partial charge in [-0.3, -0.25) is 4.79 Å². The van der Waals surface area contributed by atoms with Crippen molar-refractivity contribution in [3.05, 3.63) is 89.0 Å². The van der Waals surface area contributed by atoms with E-state index in [1.165, 1.54) is 16.0 Å². The van der Waals surface area contributed by atoms with Crippen LogP contribution in [-0.2, 0) is 22.0 Å². The number of anilines is 1. The Hall–Kier alpha value is -2.37. The Kier molecular flexibility index (Phi) is 12.7. The topological polar surface area (TPSA) is 40.5 Å². The number of rotatable bonds is 13. The summed E-state index contributed by atoms with van der Waals surface area (Å²) in [5, 5.41) is 11.0. The van der Waals surface area contributed by atoms with Crippen LogP contribution in [0.4, 0.5) is 5.69 Å². The van der Waals surface area contributed by atoms with Gasteiger partial charge in [-0.1, -0.05) is 97.9 Å². The molecule has 0 saturated carbocycles. The fourth-order valence-corrected chi connectivity index (χ4v) is 7.44. The third-order valence-corrected chi connectivity index (χ3v) is 9.86. The van der Waals surface area contributed by atoms with Gasteiger partial charge in [-0.25, -0.2) is 0 Å². The number of hydrogen-bond donors (Lipinski definition) is 1. The zero-order valence-corrected chi connectivity index (χ0v) is 29.5. The van der Waals surface area contributed by atoms with Gasteiger partial charge in [0.25, 0.3) is 0 Å². The molecular weight excluding hydrogens is 567 g/mol. The van der Waals surface area contributed by atoms with Crippen LogP contribution in [0.2, 0.25) is 0 Å². The second-order valence-corrected chi connectivity index (χ2v) is 16.5. The van der Waals surface area contributed by atoms with Crippen LogP contribution in [-0.4, -0.2) is 34.3 Å². The summed E-state index contributed by atoms with van der Waals surface area (Å²) in [5.74, 6) is 3.90. The molecule has 1 N–H and O–H groups in total. The van der Waals surface area contributed by atoms with E-state index >= 15 is 0 Å². The number of phenolic OH excluding ortho intramolecular Hbond substituents is 1. The fourth-order valence-electron chi connectivity index (χ4n) is 5.47. The summed E-state index contributed by atoms with van der Waals surface area (Å²) in [7, 11) is 0. The molecule has 0 aliphatic heterocycles. The molecule has 5 heteroatoms. The predicted molar refractivity (Wildman–Crippen MR) is 190 cm³/mol. The SMILES string of the molecule is CC(C)CC(C)N(C(=O)CCSCCSc1cc(C(C)(C)C)c(O)c(C(C)(C)C)c1)c1ccc(Cc2ccccc2)cc1. The summed E-state index contributed by atoms with van der Waals surface area (Å²) in [6, 6.07) is 23.5. The van der Waals surface area contributed by atoms with Gasteiger partial charge in [0.05, 0.1) is 0 Å². The Balaban J connectivity index is 1.59. The van der Waals surface area contributed by atoms with Gasteiger partial charge < -0.3 is 10.0 Å². The molecule has 0 radical (unpaired) electrons. The first kappa shape index (κ1) is 35.1. The maximum atomic E-state index is 13.6. The van der Waals surface area contributed by atoms with Crippen LogP contribution in [0.1, 0.15) is 97.4 Å². The molecule has 0 fully saturated rings. The maximum Gasteiger partial charge on any atom is 0.228 e. The highest BCUT2D eigenvalue weighted by Crippen LogP contribution is 2.41. The molecule has 0 bridgehead atoms. The zero-order chi connectivity index (χ0) is 31.8. The number of carbonyl (C=O) groups excluding carboxylic acids is 1. The highest BCUT2D eigenvalue weighted by atomic mass is 32.2. The normalized spacial score (nSPS) is 12.9. The first-order chi connectivity index (χ1) is 20.2. The van der Waals surface area contributed by atoms with E-state index in [9.17, 15) is 9.90 Å². The molecule has 0 heterocycles. The number of carbonyl (C=O) groups is 1. The molecular formula is C38H53NO2S2. The van der Waals surface area contributed by atoms with Crippen molar-refractivity contribution < 1.29 is 9.90 Å². The molecule has 0 saturated heterocycles. The minimum atomic E-state index is -0.128. The molecule has 1 atom stereocenters. The van der Waals surface area contributed by atoms with Crippen molar-refractivity contribution in [1.82, 2.24) is 0 Å². The Labute approximate surface area is 270 Å². The summed E-state index contributed by atoms with van der Waals surface area (Å²) >= 11 is 3.69. The summed E-state index contributed by atoms with van der Waals surface area (Å²) in [4.78, 5) is 16.8. The van der Waals surface area contributed by atoms with Gasteiger partial charge in [0.15, 0.2) is 0 Å². The van der Waals surface area contributed by atoms with Crippen molar-refractivity contribution in [2.24, 2.45) is 5.92 Å². The van der Waals surface area contributed by atoms with Gasteiger partial charge in [0.1, 0.15) is 5.75 Å². The molecule has 0 spiro atoms. The lowest BCUT2D eigenvalue weighted by molar-refractivity contribution is -0.118. The summed E-state index contributed by atoms with van der Waals surface area (Å²) in [6.45, 7) is 19.5. The van der Waals surface area contributed by atoms with Crippen LogP contribution in [0.3, 0.4) is 0 Å². The molecule has 0 aliphatic carbocycles. The van der Waals surface area contributed by atoms with Crippen molar-refractivity contribution in [2.75, 3.05) is 22.2 Å². The largest absolute Gasteiger partial charge is 0.507 e. The second kappa shape index (κ2) is 15.6. The first-order valence-electron chi connectivity index (χ1n) is 15.7. The monoisotopic (exact) mass is 619 g/mol. The molecule has 234 valence electrons. The lowest BCUT2D eigenvalue weighted by Gasteiger charge is -2.31. The summed E-state index contributed by atoms with van der Waals surface area (Å²) in [5.41, 5.74) is 5.29. The van der Waals surface area contributed by atoms with E-state index in [-0.39, 0.29) is 22.8 Å². The molecule has 1 unspecified atom stereocenters. The second-order valence-electron chi connectivity index (χ2n) is 14.1. The average Bonchev–Trinajstić information content (AvgIpc) is 2.91. The Morgan fingerprint density at radius 2 is 1.35 bits per heavy atom. The molecule has 0 aromatic heterocycles. The van der Waals surface area contributed by atoms with Crippen LogP contribution in [0.25, 0.3) is 0 Å². The Morgan fingerprint density at radius 3 is 1.88 bits per heavy atom. The van der Waals surface area contributed by atoms with Gasteiger partial charge in [0, 0.05) is 51.4 Å². The standard InChI is InChI=1S/C38H53NO2S2/c1-27(2)23-28(3)39(31-17-15-30(16-18-31)24-29-13-11-10-12-14-29)35(40)19-20-42-21-22-43-32-25-33(37(4,5)6)36(41)34(26-32)38(7,8)9/h10-18,25-28,41H,19-24H2,1-9H3. The van der Waals surface area contributed by atoms with Crippen molar-refractivity contribution in [3.63, 3.8) is 0 Å². The highest BCUT2D eigenvalue weighted by molar-refractivity contribution is 8.03. The van der Waals surface area contributed by atoms with Crippen LogP contribution in [0.5, 0.6) is 5.75 Å². The third kappa shape index (κ3) is 10.6. The van der Waals surface area contributed by atoms with E-state index in [2.05, 4.69) is 123 Å². The number of nitrogens with zero attached hydrogens (tertiary/aromatic N) is 1. The van der Waals surface area contributed by atoms with Crippen LogP contribution < -0.4 is 4.90 Å². The first-order valence-corrected chi connectivity index (χ1v) is 17.8. The van der Waals surface area contributed by atoms with Crippen LogP contribution in [0, 0.1) is 5.92 Å². The van der Waals surface area contributed by atoms with E-state index in [1.54, 1.807) is 0 Å². The van der Waals surface area contributed by atoms with Crippen molar-refractivity contribution >= 4 is 35.1 Å². The van der Waals surface area contributed by atoms with E-state index in [0.29, 0.717) is 18.1 Å². The molecule has 0 aliphatic rings. The average molecular weight is 620 g/mol. The zero-order valence-electron chi connectivity index (χ0n) is 27.9. The fraction of sp³-hybridized carbons (Fsp3) is 0.500. The number of phenols is 1. The summed E-state index contributed by atoms with van der Waals surface area (Å²) < 4.78 is 0. The van der Waals surface area contributed by atoms with E-state index in [4.69, 9.17) is 0 Å². The van der Waals surface area contributed by atoms with E-state index < -0.39 is 0 Å². The Bertz CT molecular complexity index is 1270. The third-order valence-electron chi connectivity index (χ3n) is 7.64. The van der Waals surface area contributed by atoms with Crippen LogP contribution >= 0.6 is 23.5 Å².